The summed E-state index contributed by atoms with van der Waals surface area (Å²) in [6.45, 7) is -0.317. The molecule has 0 aliphatic rings. The van der Waals surface area contributed by atoms with Crippen molar-refractivity contribution in [1.29, 1.82) is 0 Å². The molecule has 2 aromatic carbocycles. The molecular weight excluding hydrogens is 268 g/mol. The van der Waals surface area contributed by atoms with Gasteiger partial charge in [0.05, 0.1) is 13.2 Å². The van der Waals surface area contributed by atoms with E-state index in [4.69, 9.17) is 9.84 Å². The molecule has 1 N–H and O–H groups in total. The Morgan fingerprint density at radius 2 is 1.29 bits per heavy atom. The summed E-state index contributed by atoms with van der Waals surface area (Å²) in [5.41, 5.74) is 0.814. The van der Waals surface area contributed by atoms with Crippen molar-refractivity contribution in [1.82, 2.24) is 0 Å². The number of rotatable bonds is 7. The minimum absolute atomic E-state index is 0.0676. The molecule has 0 heterocycles. The molecule has 0 aliphatic heterocycles. The molecular formula is C17H16O4. The number of benzene rings is 2. The average molecular weight is 284 g/mol. The highest BCUT2D eigenvalue weighted by Crippen LogP contribution is 2.12. The highest BCUT2D eigenvalue weighted by atomic mass is 16.5. The summed E-state index contributed by atoms with van der Waals surface area (Å²) in [6, 6.07) is 17.0. The first kappa shape index (κ1) is 15.1. The number of carbonyl (C=O) groups excluding carboxylic acids is 2. The van der Waals surface area contributed by atoms with Gasteiger partial charge in [0.15, 0.2) is 17.7 Å². The van der Waals surface area contributed by atoms with Crippen molar-refractivity contribution in [2.75, 3.05) is 13.2 Å². The molecule has 108 valence electrons. The summed E-state index contributed by atoms with van der Waals surface area (Å²) in [4.78, 5) is 24.9. The van der Waals surface area contributed by atoms with Crippen molar-refractivity contribution in [2.45, 2.75) is 6.10 Å². The van der Waals surface area contributed by atoms with Crippen LogP contribution in [0.2, 0.25) is 0 Å². The van der Waals surface area contributed by atoms with Gasteiger partial charge in [0.25, 0.3) is 0 Å². The fraction of sp³-hybridized carbons (Fsp3) is 0.176. The molecule has 0 amide bonds. The van der Waals surface area contributed by atoms with E-state index >= 15 is 0 Å². The van der Waals surface area contributed by atoms with E-state index < -0.39 is 17.7 Å². The quantitative estimate of drug-likeness (QED) is 0.625. The van der Waals surface area contributed by atoms with Gasteiger partial charge in [-0.15, -0.1) is 0 Å². The van der Waals surface area contributed by atoms with Gasteiger partial charge in [-0.05, 0) is 0 Å². The summed E-state index contributed by atoms with van der Waals surface area (Å²) in [5.74, 6) is -0.809. The summed E-state index contributed by atoms with van der Waals surface area (Å²) < 4.78 is 5.27. The molecule has 21 heavy (non-hydrogen) atoms. The largest absolute Gasteiger partial charge is 0.394 e. The molecule has 0 aliphatic carbocycles. The molecule has 0 bridgehead atoms. The molecule has 4 heteroatoms. The Labute approximate surface area is 123 Å². The van der Waals surface area contributed by atoms with E-state index in [1.165, 1.54) is 0 Å². The zero-order chi connectivity index (χ0) is 15.1. The third-order valence-electron chi connectivity index (χ3n) is 2.97. The zero-order valence-electron chi connectivity index (χ0n) is 11.4. The monoisotopic (exact) mass is 284 g/mol. The van der Waals surface area contributed by atoms with Crippen molar-refractivity contribution < 1.29 is 19.4 Å². The first-order valence-electron chi connectivity index (χ1n) is 6.65. The van der Waals surface area contributed by atoms with Crippen LogP contribution in [0.4, 0.5) is 0 Å². The van der Waals surface area contributed by atoms with Crippen molar-refractivity contribution in [3.05, 3.63) is 71.8 Å². The Kier molecular flexibility index (Phi) is 5.37. The summed E-state index contributed by atoms with van der Waals surface area (Å²) in [5, 5.41) is 8.87. The Morgan fingerprint density at radius 3 is 1.67 bits per heavy atom. The van der Waals surface area contributed by atoms with Crippen molar-refractivity contribution in [2.24, 2.45) is 0 Å². The number of aliphatic hydroxyl groups is 1. The van der Waals surface area contributed by atoms with Crippen LogP contribution in [0.1, 0.15) is 20.7 Å². The first-order chi connectivity index (χ1) is 10.2. The Balaban J connectivity index is 2.26. The van der Waals surface area contributed by atoms with Gasteiger partial charge >= 0.3 is 0 Å². The van der Waals surface area contributed by atoms with Crippen LogP contribution in [0.15, 0.2) is 60.7 Å². The molecule has 2 rings (SSSR count). The molecule has 0 atom stereocenters. The number of hydrogen-bond donors (Lipinski definition) is 1. The van der Waals surface area contributed by atoms with E-state index in [2.05, 4.69) is 0 Å². The third-order valence-corrected chi connectivity index (χ3v) is 2.97. The SMILES string of the molecule is O=C(c1ccccc1)C(OCCO)C(=O)c1ccccc1. The Morgan fingerprint density at radius 1 is 0.857 bits per heavy atom. The average Bonchev–Trinajstić information content (AvgIpc) is 2.56. The second kappa shape index (κ2) is 7.47. The highest BCUT2D eigenvalue weighted by molar-refractivity contribution is 6.18. The lowest BCUT2D eigenvalue weighted by molar-refractivity contribution is 0.0268. The normalized spacial score (nSPS) is 10.6. The molecule has 0 spiro atoms. The van der Waals surface area contributed by atoms with Crippen LogP contribution >= 0.6 is 0 Å². The standard InChI is InChI=1S/C17H16O4/c18-11-12-21-17(15(19)13-7-3-1-4-8-13)16(20)14-9-5-2-6-10-14/h1-10,17-18H,11-12H2. The number of Topliss-reactive ketones (excluding diaryl/α,β-unsaturated/α-hetero) is 2. The van der Waals surface area contributed by atoms with Crippen LogP contribution in [-0.4, -0.2) is 36.0 Å². The van der Waals surface area contributed by atoms with E-state index in [1.807, 2.05) is 0 Å². The summed E-state index contributed by atoms with van der Waals surface area (Å²) in [7, 11) is 0. The fourth-order valence-electron chi connectivity index (χ4n) is 1.95. The predicted octanol–water partition coefficient (Wildman–Crippen LogP) is 2.13. The minimum atomic E-state index is -1.23. The van der Waals surface area contributed by atoms with Gasteiger partial charge < -0.3 is 9.84 Å². The fourth-order valence-corrected chi connectivity index (χ4v) is 1.95. The van der Waals surface area contributed by atoms with Crippen LogP contribution < -0.4 is 0 Å². The number of hydrogen-bond acceptors (Lipinski definition) is 4. The Bertz CT molecular complexity index is 541. The van der Waals surface area contributed by atoms with Crippen LogP contribution in [0.25, 0.3) is 0 Å². The second-order valence-electron chi connectivity index (χ2n) is 4.43. The van der Waals surface area contributed by atoms with Gasteiger partial charge in [0, 0.05) is 11.1 Å². The first-order valence-corrected chi connectivity index (χ1v) is 6.65. The van der Waals surface area contributed by atoms with Crippen LogP contribution in [0.5, 0.6) is 0 Å². The maximum absolute atomic E-state index is 12.4. The van der Waals surface area contributed by atoms with Crippen LogP contribution in [0, 0.1) is 0 Å². The van der Waals surface area contributed by atoms with E-state index in [0.717, 1.165) is 0 Å². The van der Waals surface area contributed by atoms with E-state index in [1.54, 1.807) is 60.7 Å². The number of aliphatic hydroxyl groups excluding tert-OH is 1. The van der Waals surface area contributed by atoms with Crippen LogP contribution in [-0.2, 0) is 4.74 Å². The molecule has 0 fully saturated rings. The van der Waals surface area contributed by atoms with Crippen molar-refractivity contribution >= 4 is 11.6 Å². The van der Waals surface area contributed by atoms with Gasteiger partial charge in [-0.3, -0.25) is 9.59 Å². The molecule has 0 radical (unpaired) electrons. The molecule has 0 saturated carbocycles. The van der Waals surface area contributed by atoms with Crippen LogP contribution in [0.3, 0.4) is 0 Å². The topological polar surface area (TPSA) is 63.6 Å². The van der Waals surface area contributed by atoms with Gasteiger partial charge in [-0.2, -0.15) is 0 Å². The van der Waals surface area contributed by atoms with E-state index in [-0.39, 0.29) is 13.2 Å². The van der Waals surface area contributed by atoms with Crippen molar-refractivity contribution in [3.63, 3.8) is 0 Å². The molecule has 4 nitrogen and oxygen atoms in total. The molecule has 0 aromatic heterocycles. The number of carbonyl (C=O) groups is 2. The molecule has 0 unspecified atom stereocenters. The maximum atomic E-state index is 12.4. The summed E-state index contributed by atoms with van der Waals surface area (Å²) >= 11 is 0. The van der Waals surface area contributed by atoms with Gasteiger partial charge in [-0.25, -0.2) is 0 Å². The van der Waals surface area contributed by atoms with Gasteiger partial charge in [-0.1, -0.05) is 60.7 Å². The van der Waals surface area contributed by atoms with Gasteiger partial charge in [0.1, 0.15) is 0 Å². The number of ether oxygens (including phenoxy) is 1. The molecule has 0 saturated heterocycles. The van der Waals surface area contributed by atoms with E-state index in [0.29, 0.717) is 11.1 Å². The minimum Gasteiger partial charge on any atom is -0.394 e. The Hall–Kier alpha value is -2.30. The second-order valence-corrected chi connectivity index (χ2v) is 4.43. The van der Waals surface area contributed by atoms with Crippen molar-refractivity contribution in [3.8, 4) is 0 Å². The summed E-state index contributed by atoms with van der Waals surface area (Å²) in [6.07, 6.45) is -1.23. The third kappa shape index (κ3) is 3.84. The van der Waals surface area contributed by atoms with E-state index in [9.17, 15) is 9.59 Å². The predicted molar refractivity (Wildman–Crippen MR) is 78.4 cm³/mol. The zero-order valence-corrected chi connectivity index (χ0v) is 11.4. The lowest BCUT2D eigenvalue weighted by Crippen LogP contribution is -2.34. The van der Waals surface area contributed by atoms with Gasteiger partial charge in [0.2, 0.25) is 0 Å². The maximum Gasteiger partial charge on any atom is 0.199 e. The lowest BCUT2D eigenvalue weighted by Gasteiger charge is -2.15. The number of ketones is 2. The molecule has 2 aromatic rings. The lowest BCUT2D eigenvalue weighted by atomic mass is 9.98. The highest BCUT2D eigenvalue weighted by Gasteiger charge is 2.29. The smallest absolute Gasteiger partial charge is 0.199 e.